The molecule has 0 N–H and O–H groups in total. The topological polar surface area (TPSA) is 44.9 Å². The van der Waals surface area contributed by atoms with Crippen LogP contribution in [0.2, 0.25) is 0 Å². The quantitative estimate of drug-likeness (QED) is 0.131. The van der Waals surface area contributed by atoms with Gasteiger partial charge in [0.25, 0.3) is 0 Å². The second kappa shape index (κ2) is 15.4. The zero-order valence-electron chi connectivity index (χ0n) is 36.2. The Balaban J connectivity index is 1.33. The van der Waals surface area contributed by atoms with Gasteiger partial charge in [0, 0.05) is 46.3 Å². The van der Waals surface area contributed by atoms with Crippen LogP contribution in [0.1, 0.15) is 117 Å². The van der Waals surface area contributed by atoms with Gasteiger partial charge in [-0.25, -0.2) is 9.67 Å². The monoisotopic (exact) mass is 749 g/mol. The molecule has 3 aromatic heterocycles. The smallest absolute Gasteiger partial charge is 0.137 e. The molecular weight excluding hydrogens is 685 g/mol. The number of aryl methyl sites for hydroxylation is 1. The number of hydrogen-bond donors (Lipinski definition) is 0. The minimum absolute atomic E-state index is 0.0956. The Bertz CT molecular complexity index is 2390. The zero-order valence-corrected chi connectivity index (χ0v) is 36.2. The van der Waals surface area contributed by atoms with Crippen molar-refractivity contribution in [1.82, 2.24) is 19.3 Å². The second-order valence-corrected chi connectivity index (χ2v) is 19.1. The van der Waals surface area contributed by atoms with Gasteiger partial charge in [0.2, 0.25) is 0 Å². The maximum absolute atomic E-state index is 6.89. The van der Waals surface area contributed by atoms with Crippen molar-refractivity contribution in [2.75, 3.05) is 0 Å². The molecule has 3 aromatic carbocycles. The van der Waals surface area contributed by atoms with Crippen molar-refractivity contribution in [2.24, 2.45) is 35.5 Å². The summed E-state index contributed by atoms with van der Waals surface area (Å²) in [4.78, 5) is 4.89. The highest BCUT2D eigenvalue weighted by Gasteiger charge is 2.39. The van der Waals surface area contributed by atoms with E-state index < -0.39 is 0 Å². The molecule has 1 aliphatic rings. The first-order valence-corrected chi connectivity index (χ1v) is 21.1. The highest BCUT2D eigenvalue weighted by molar-refractivity contribution is 6.09. The van der Waals surface area contributed by atoms with Crippen LogP contribution in [0.15, 0.2) is 90.6 Å². The number of para-hydroxylation sites is 1. The molecule has 56 heavy (non-hydrogen) atoms. The Labute approximate surface area is 336 Å². The minimum atomic E-state index is -0.0956. The minimum Gasteiger partial charge on any atom is -0.457 e. The van der Waals surface area contributed by atoms with Gasteiger partial charge in [0.1, 0.15) is 17.3 Å². The molecule has 0 spiro atoms. The molecule has 294 valence electrons. The van der Waals surface area contributed by atoms with Crippen molar-refractivity contribution >= 4 is 21.8 Å². The number of rotatable bonds is 10. The van der Waals surface area contributed by atoms with Crippen LogP contribution in [0.3, 0.4) is 0 Å². The lowest BCUT2D eigenvalue weighted by atomic mass is 9.63. The van der Waals surface area contributed by atoms with Gasteiger partial charge in [-0.1, -0.05) is 106 Å². The van der Waals surface area contributed by atoms with Gasteiger partial charge in [-0.2, -0.15) is 5.10 Å². The van der Waals surface area contributed by atoms with E-state index in [0.29, 0.717) is 41.4 Å². The van der Waals surface area contributed by atoms with Gasteiger partial charge < -0.3 is 4.74 Å². The predicted octanol–water partition coefficient (Wildman–Crippen LogP) is 13.9. The van der Waals surface area contributed by atoms with Crippen molar-refractivity contribution in [3.8, 4) is 23.0 Å². The van der Waals surface area contributed by atoms with E-state index in [-0.39, 0.29) is 5.41 Å². The zero-order chi connectivity index (χ0) is 40.2. The number of benzene rings is 3. The lowest BCUT2D eigenvalue weighted by molar-refractivity contribution is 0.232. The van der Waals surface area contributed by atoms with Gasteiger partial charge >= 0.3 is 0 Å². The molecule has 0 unspecified atom stereocenters. The van der Waals surface area contributed by atoms with Crippen LogP contribution in [0.4, 0.5) is 0 Å². The fourth-order valence-electron chi connectivity index (χ4n) is 9.30. The molecule has 0 saturated heterocycles. The molecule has 0 amide bonds. The van der Waals surface area contributed by atoms with Crippen LogP contribution in [-0.4, -0.2) is 19.3 Å². The summed E-state index contributed by atoms with van der Waals surface area (Å²) in [5, 5.41) is 7.71. The van der Waals surface area contributed by atoms with E-state index in [1.165, 1.54) is 39.6 Å². The maximum Gasteiger partial charge on any atom is 0.137 e. The van der Waals surface area contributed by atoms with Crippen LogP contribution >= 0.6 is 0 Å². The summed E-state index contributed by atoms with van der Waals surface area (Å²) in [6.07, 6.45) is 6.81. The molecule has 0 aliphatic heterocycles. The van der Waals surface area contributed by atoms with E-state index >= 15 is 0 Å². The number of pyridine rings is 1. The number of aromatic nitrogens is 4. The first kappa shape index (κ1) is 39.6. The SMILES string of the molecule is Cc1nn(-c2cc(Oc3ccc4c5ccccc5n(-c5cc(CC(C)C)ccn5)c4c3)cc(C(C)(C)C)c2)c(C)c1[C@H]1C(C(C)C)=C[C@H](C(C)C)C[C@@H]1C(C)C. The summed E-state index contributed by atoms with van der Waals surface area (Å²) >= 11 is 0. The molecule has 1 aliphatic carbocycles. The van der Waals surface area contributed by atoms with Gasteiger partial charge in [-0.05, 0) is 121 Å². The molecule has 5 heteroatoms. The van der Waals surface area contributed by atoms with Crippen molar-refractivity contribution in [3.05, 3.63) is 119 Å². The van der Waals surface area contributed by atoms with Crippen molar-refractivity contribution in [3.63, 3.8) is 0 Å². The van der Waals surface area contributed by atoms with Crippen LogP contribution in [0.25, 0.3) is 33.3 Å². The third kappa shape index (κ3) is 7.59. The summed E-state index contributed by atoms with van der Waals surface area (Å²) in [7, 11) is 0. The molecule has 3 heterocycles. The Morgan fingerprint density at radius 1 is 0.786 bits per heavy atom. The molecule has 0 fully saturated rings. The highest BCUT2D eigenvalue weighted by atomic mass is 16.5. The molecule has 0 radical (unpaired) electrons. The Hall–Kier alpha value is -4.64. The van der Waals surface area contributed by atoms with E-state index in [4.69, 9.17) is 14.8 Å². The first-order chi connectivity index (χ1) is 26.5. The summed E-state index contributed by atoms with van der Waals surface area (Å²) in [5.41, 5.74) is 11.0. The highest BCUT2D eigenvalue weighted by Crippen LogP contribution is 2.50. The maximum atomic E-state index is 6.89. The molecule has 3 atom stereocenters. The fraction of sp³-hybridized carbons (Fsp3) is 0.451. The van der Waals surface area contributed by atoms with Gasteiger partial charge in [-0.15, -0.1) is 0 Å². The van der Waals surface area contributed by atoms with E-state index in [0.717, 1.165) is 46.2 Å². The van der Waals surface area contributed by atoms with Crippen LogP contribution in [0, 0.1) is 49.4 Å². The van der Waals surface area contributed by atoms with Crippen LogP contribution in [0.5, 0.6) is 11.5 Å². The predicted molar refractivity (Wildman–Crippen MR) is 236 cm³/mol. The summed E-state index contributed by atoms with van der Waals surface area (Å²) in [6, 6.07) is 26.1. The lowest BCUT2D eigenvalue weighted by Crippen LogP contribution is -2.31. The van der Waals surface area contributed by atoms with Crippen molar-refractivity contribution in [2.45, 2.75) is 114 Å². The van der Waals surface area contributed by atoms with Gasteiger partial charge in [0.05, 0.1) is 22.4 Å². The number of hydrogen-bond acceptors (Lipinski definition) is 3. The van der Waals surface area contributed by atoms with E-state index in [9.17, 15) is 0 Å². The first-order valence-electron chi connectivity index (χ1n) is 21.1. The Kier molecular flexibility index (Phi) is 10.9. The fourth-order valence-corrected chi connectivity index (χ4v) is 9.30. The molecule has 6 aromatic rings. The van der Waals surface area contributed by atoms with E-state index in [1.807, 2.05) is 6.20 Å². The van der Waals surface area contributed by atoms with Crippen molar-refractivity contribution < 1.29 is 4.74 Å². The third-order valence-electron chi connectivity index (χ3n) is 12.3. The molecule has 7 rings (SSSR count). The summed E-state index contributed by atoms with van der Waals surface area (Å²) < 4.78 is 11.4. The lowest BCUT2D eigenvalue weighted by Gasteiger charge is -2.41. The molecule has 0 bridgehead atoms. The third-order valence-corrected chi connectivity index (χ3v) is 12.3. The van der Waals surface area contributed by atoms with Crippen molar-refractivity contribution in [1.29, 1.82) is 0 Å². The number of allylic oxidation sites excluding steroid dienone is 2. The molecule has 0 saturated carbocycles. The summed E-state index contributed by atoms with van der Waals surface area (Å²) in [5.74, 6) is 6.32. The number of nitrogens with zero attached hydrogens (tertiary/aromatic N) is 4. The standard InChI is InChI=1S/C51H64N4O/c1-30(2)22-36-20-21-52-48(23-36)54-46-17-15-14-16-42(46)43-19-18-40(29-47(43)54)56-41-27-38(51(11,12)13)26-39(28-41)55-35(10)49(34(9)53-55)50-44(32(5)6)24-37(31(3)4)25-45(50)33(7)8/h14-21,23-24,26-33,37,45,50H,22,25H2,1-13H3/t37-,45+,50-/m0/s1. The summed E-state index contributed by atoms with van der Waals surface area (Å²) in [6.45, 7) is 30.2. The normalized spacial score (nSPS) is 17.9. The molecule has 5 nitrogen and oxygen atoms in total. The van der Waals surface area contributed by atoms with E-state index in [1.54, 1.807) is 5.57 Å². The average Bonchev–Trinajstić information content (AvgIpc) is 3.62. The Morgan fingerprint density at radius 3 is 2.20 bits per heavy atom. The van der Waals surface area contributed by atoms with Crippen LogP contribution < -0.4 is 4.74 Å². The van der Waals surface area contributed by atoms with Gasteiger partial charge in [-0.3, -0.25) is 4.57 Å². The average molecular weight is 749 g/mol. The largest absolute Gasteiger partial charge is 0.457 e. The second-order valence-electron chi connectivity index (χ2n) is 19.1. The van der Waals surface area contributed by atoms with Gasteiger partial charge in [0.15, 0.2) is 0 Å². The number of ether oxygens (including phenoxy) is 1. The molecular formula is C51H64N4O. The Morgan fingerprint density at radius 2 is 1.52 bits per heavy atom. The van der Waals surface area contributed by atoms with E-state index in [2.05, 4.69) is 178 Å². The van der Waals surface area contributed by atoms with Crippen LogP contribution in [-0.2, 0) is 11.8 Å². The number of fused-ring (bicyclic) bond motifs is 3.